The Labute approximate surface area is 93.8 Å². The lowest BCUT2D eigenvalue weighted by Gasteiger charge is -2.40. The highest BCUT2D eigenvalue weighted by molar-refractivity contribution is 5.33. The molecule has 1 N–H and O–H groups in total. The number of aliphatic hydroxyl groups excluding tert-OH is 1. The second-order valence-corrected chi connectivity index (χ2v) is 4.07. The Kier molecular flexibility index (Phi) is 3.12. The minimum absolute atomic E-state index is 0.149. The first-order chi connectivity index (χ1) is 7.61. The van der Waals surface area contributed by atoms with Crippen LogP contribution >= 0.6 is 0 Å². The molecule has 1 aliphatic rings. The molecular weight excluding hydrogens is 211 g/mol. The SMILES string of the molecule is COC1C(O)CC1Oc1ccc(F)cc1C. The fourth-order valence-electron chi connectivity index (χ4n) is 1.89. The van der Waals surface area contributed by atoms with Crippen LogP contribution in [0, 0.1) is 12.7 Å². The van der Waals surface area contributed by atoms with Crippen LogP contribution in [-0.2, 0) is 4.74 Å². The van der Waals surface area contributed by atoms with E-state index in [1.165, 1.54) is 12.1 Å². The van der Waals surface area contributed by atoms with Crippen molar-refractivity contribution in [2.75, 3.05) is 7.11 Å². The molecule has 1 fully saturated rings. The number of aryl methyl sites for hydroxylation is 1. The van der Waals surface area contributed by atoms with Crippen molar-refractivity contribution in [3.05, 3.63) is 29.6 Å². The second kappa shape index (κ2) is 4.39. The number of hydrogen-bond acceptors (Lipinski definition) is 3. The van der Waals surface area contributed by atoms with Crippen molar-refractivity contribution < 1.29 is 19.0 Å². The first-order valence-electron chi connectivity index (χ1n) is 5.25. The minimum atomic E-state index is -0.462. The Balaban J connectivity index is 2.04. The smallest absolute Gasteiger partial charge is 0.130 e. The van der Waals surface area contributed by atoms with Crippen molar-refractivity contribution in [2.45, 2.75) is 31.7 Å². The number of hydrogen-bond donors (Lipinski definition) is 1. The molecule has 0 spiro atoms. The monoisotopic (exact) mass is 226 g/mol. The van der Waals surface area contributed by atoms with E-state index in [1.54, 1.807) is 20.1 Å². The molecule has 16 heavy (non-hydrogen) atoms. The number of aliphatic hydroxyl groups is 1. The lowest BCUT2D eigenvalue weighted by Crippen LogP contribution is -2.54. The normalized spacial score (nSPS) is 28.6. The van der Waals surface area contributed by atoms with Crippen LogP contribution in [0.2, 0.25) is 0 Å². The number of rotatable bonds is 3. The van der Waals surface area contributed by atoms with E-state index in [4.69, 9.17) is 9.47 Å². The van der Waals surface area contributed by atoms with Crippen molar-refractivity contribution in [1.29, 1.82) is 0 Å². The highest BCUT2D eigenvalue weighted by Gasteiger charge is 2.42. The molecule has 0 heterocycles. The zero-order valence-electron chi connectivity index (χ0n) is 9.31. The second-order valence-electron chi connectivity index (χ2n) is 4.07. The highest BCUT2D eigenvalue weighted by Crippen LogP contribution is 2.30. The standard InChI is InChI=1S/C12H15FO3/c1-7-5-8(13)3-4-10(7)16-11-6-9(14)12(11)15-2/h3-5,9,11-12,14H,6H2,1-2H3. The quantitative estimate of drug-likeness (QED) is 0.852. The molecule has 2 rings (SSSR count). The van der Waals surface area contributed by atoms with Crippen LogP contribution in [0.5, 0.6) is 5.75 Å². The van der Waals surface area contributed by atoms with Crippen LogP contribution in [0.25, 0.3) is 0 Å². The summed E-state index contributed by atoms with van der Waals surface area (Å²) in [4.78, 5) is 0. The average molecular weight is 226 g/mol. The van der Waals surface area contributed by atoms with Crippen LogP contribution in [0.4, 0.5) is 4.39 Å². The number of halogens is 1. The minimum Gasteiger partial charge on any atom is -0.487 e. The predicted molar refractivity (Wildman–Crippen MR) is 57.0 cm³/mol. The van der Waals surface area contributed by atoms with E-state index in [1.807, 2.05) is 0 Å². The van der Waals surface area contributed by atoms with Crippen LogP contribution in [0.1, 0.15) is 12.0 Å². The summed E-state index contributed by atoms with van der Waals surface area (Å²) >= 11 is 0. The lowest BCUT2D eigenvalue weighted by molar-refractivity contribution is -0.149. The summed E-state index contributed by atoms with van der Waals surface area (Å²) in [5, 5.41) is 9.40. The molecule has 0 radical (unpaired) electrons. The molecular formula is C12H15FO3. The molecule has 1 aliphatic carbocycles. The Morgan fingerprint density at radius 3 is 2.75 bits per heavy atom. The van der Waals surface area contributed by atoms with E-state index in [-0.39, 0.29) is 18.0 Å². The molecule has 88 valence electrons. The first kappa shape index (κ1) is 11.4. The van der Waals surface area contributed by atoms with Gasteiger partial charge in [-0.15, -0.1) is 0 Å². The third kappa shape index (κ3) is 2.03. The van der Waals surface area contributed by atoms with Crippen LogP contribution in [0.3, 0.4) is 0 Å². The number of benzene rings is 1. The van der Waals surface area contributed by atoms with Crippen LogP contribution in [0.15, 0.2) is 18.2 Å². The van der Waals surface area contributed by atoms with E-state index < -0.39 is 6.10 Å². The van der Waals surface area contributed by atoms with Gasteiger partial charge in [0.05, 0.1) is 6.10 Å². The van der Waals surface area contributed by atoms with Crippen molar-refractivity contribution in [1.82, 2.24) is 0 Å². The third-order valence-electron chi connectivity index (χ3n) is 2.91. The maximum atomic E-state index is 12.9. The van der Waals surface area contributed by atoms with Gasteiger partial charge < -0.3 is 14.6 Å². The van der Waals surface area contributed by atoms with Crippen LogP contribution in [-0.4, -0.2) is 30.5 Å². The zero-order valence-corrected chi connectivity index (χ0v) is 9.31. The van der Waals surface area contributed by atoms with Gasteiger partial charge in [-0.25, -0.2) is 4.39 Å². The topological polar surface area (TPSA) is 38.7 Å². The van der Waals surface area contributed by atoms with E-state index in [9.17, 15) is 9.50 Å². The summed E-state index contributed by atoms with van der Waals surface area (Å²) < 4.78 is 23.6. The van der Waals surface area contributed by atoms with Gasteiger partial charge in [0.2, 0.25) is 0 Å². The van der Waals surface area contributed by atoms with Crippen LogP contribution < -0.4 is 4.74 Å². The Morgan fingerprint density at radius 2 is 2.19 bits per heavy atom. The van der Waals surface area contributed by atoms with Gasteiger partial charge in [-0.2, -0.15) is 0 Å². The van der Waals surface area contributed by atoms with Crippen molar-refractivity contribution in [3.8, 4) is 5.75 Å². The van der Waals surface area contributed by atoms with Crippen molar-refractivity contribution >= 4 is 0 Å². The number of ether oxygens (including phenoxy) is 2. The molecule has 0 saturated heterocycles. The zero-order chi connectivity index (χ0) is 11.7. The molecule has 0 bridgehead atoms. The third-order valence-corrected chi connectivity index (χ3v) is 2.91. The van der Waals surface area contributed by atoms with Crippen molar-refractivity contribution in [3.63, 3.8) is 0 Å². The fraction of sp³-hybridized carbons (Fsp3) is 0.500. The molecule has 1 aromatic rings. The van der Waals surface area contributed by atoms with Gasteiger partial charge >= 0.3 is 0 Å². The Bertz CT molecular complexity index is 381. The first-order valence-corrected chi connectivity index (χ1v) is 5.25. The van der Waals surface area contributed by atoms with E-state index >= 15 is 0 Å². The van der Waals surface area contributed by atoms with E-state index in [0.29, 0.717) is 12.2 Å². The van der Waals surface area contributed by atoms with Crippen molar-refractivity contribution in [2.24, 2.45) is 0 Å². The molecule has 0 aliphatic heterocycles. The molecule has 4 heteroatoms. The Hall–Kier alpha value is -1.13. The van der Waals surface area contributed by atoms with Gasteiger partial charge in [-0.1, -0.05) is 0 Å². The van der Waals surface area contributed by atoms with Gasteiger partial charge in [-0.05, 0) is 30.7 Å². The molecule has 0 aromatic heterocycles. The molecule has 3 atom stereocenters. The van der Waals surface area contributed by atoms with E-state index in [0.717, 1.165) is 5.56 Å². The average Bonchev–Trinajstić information content (AvgIpc) is 2.21. The summed E-state index contributed by atoms with van der Waals surface area (Å²) in [5.74, 6) is 0.363. The summed E-state index contributed by atoms with van der Waals surface area (Å²) in [5.41, 5.74) is 0.747. The fourth-order valence-corrected chi connectivity index (χ4v) is 1.89. The highest BCUT2D eigenvalue weighted by atomic mass is 19.1. The largest absolute Gasteiger partial charge is 0.487 e. The van der Waals surface area contributed by atoms with Gasteiger partial charge in [0.15, 0.2) is 0 Å². The molecule has 1 saturated carbocycles. The lowest BCUT2D eigenvalue weighted by atomic mass is 9.88. The Morgan fingerprint density at radius 1 is 1.44 bits per heavy atom. The summed E-state index contributed by atoms with van der Waals surface area (Å²) in [7, 11) is 1.54. The summed E-state index contributed by atoms with van der Waals surface area (Å²) in [6.07, 6.45) is -0.348. The molecule has 3 nitrogen and oxygen atoms in total. The molecule has 0 amide bonds. The molecule has 3 unspecified atom stereocenters. The summed E-state index contributed by atoms with van der Waals surface area (Å²) in [6.45, 7) is 1.79. The van der Waals surface area contributed by atoms with Gasteiger partial charge in [0, 0.05) is 13.5 Å². The van der Waals surface area contributed by atoms with Gasteiger partial charge in [0.25, 0.3) is 0 Å². The number of methoxy groups -OCH3 is 1. The molecule has 1 aromatic carbocycles. The predicted octanol–water partition coefficient (Wildman–Crippen LogP) is 1.66. The van der Waals surface area contributed by atoms with E-state index in [2.05, 4.69) is 0 Å². The maximum absolute atomic E-state index is 12.9. The van der Waals surface area contributed by atoms with Gasteiger partial charge in [0.1, 0.15) is 23.8 Å². The summed E-state index contributed by atoms with van der Waals surface area (Å²) in [6, 6.07) is 4.38. The maximum Gasteiger partial charge on any atom is 0.130 e. The van der Waals surface area contributed by atoms with Gasteiger partial charge in [-0.3, -0.25) is 0 Å².